The van der Waals surface area contributed by atoms with Crippen LogP contribution in [0.5, 0.6) is 11.5 Å². The lowest BCUT2D eigenvalue weighted by atomic mass is 10.1. The SMILES string of the molecule is CNc1ccc(Oc2ccc(C#N)c(C(F)(F)F)c2)cc1. The molecule has 0 saturated carbocycles. The van der Waals surface area contributed by atoms with E-state index in [1.807, 2.05) is 0 Å². The third-order valence-corrected chi connectivity index (χ3v) is 2.80. The summed E-state index contributed by atoms with van der Waals surface area (Å²) in [6.07, 6.45) is -4.60. The van der Waals surface area contributed by atoms with Crippen molar-refractivity contribution in [3.05, 3.63) is 53.6 Å². The van der Waals surface area contributed by atoms with Gasteiger partial charge in [0, 0.05) is 12.7 Å². The predicted molar refractivity (Wildman–Crippen MR) is 72.2 cm³/mol. The van der Waals surface area contributed by atoms with Gasteiger partial charge in [-0.05, 0) is 42.5 Å². The van der Waals surface area contributed by atoms with Gasteiger partial charge in [-0.15, -0.1) is 0 Å². The smallest absolute Gasteiger partial charge is 0.417 e. The van der Waals surface area contributed by atoms with Gasteiger partial charge in [-0.3, -0.25) is 0 Å². The highest BCUT2D eigenvalue weighted by atomic mass is 19.4. The first-order valence-corrected chi connectivity index (χ1v) is 6.01. The average Bonchev–Trinajstić information content (AvgIpc) is 2.47. The lowest BCUT2D eigenvalue weighted by Gasteiger charge is -2.12. The van der Waals surface area contributed by atoms with E-state index < -0.39 is 17.3 Å². The number of hydrogen-bond donors (Lipinski definition) is 1. The first-order valence-electron chi connectivity index (χ1n) is 6.01. The molecule has 0 atom stereocenters. The molecule has 3 nitrogen and oxygen atoms in total. The Morgan fingerprint density at radius 1 is 1.05 bits per heavy atom. The minimum absolute atomic E-state index is 0.0264. The Morgan fingerprint density at radius 3 is 2.19 bits per heavy atom. The Morgan fingerprint density at radius 2 is 1.67 bits per heavy atom. The highest BCUT2D eigenvalue weighted by Gasteiger charge is 2.34. The van der Waals surface area contributed by atoms with E-state index in [-0.39, 0.29) is 5.75 Å². The van der Waals surface area contributed by atoms with Crippen LogP contribution < -0.4 is 10.1 Å². The van der Waals surface area contributed by atoms with Gasteiger partial charge in [0.15, 0.2) is 0 Å². The van der Waals surface area contributed by atoms with Gasteiger partial charge >= 0.3 is 6.18 Å². The summed E-state index contributed by atoms with van der Waals surface area (Å²) >= 11 is 0. The summed E-state index contributed by atoms with van der Waals surface area (Å²) in [7, 11) is 1.76. The van der Waals surface area contributed by atoms with Crippen molar-refractivity contribution < 1.29 is 17.9 Å². The monoisotopic (exact) mass is 292 g/mol. The van der Waals surface area contributed by atoms with Crippen molar-refractivity contribution in [3.8, 4) is 17.6 Å². The first-order chi connectivity index (χ1) is 9.94. The molecule has 0 aliphatic heterocycles. The van der Waals surface area contributed by atoms with E-state index in [0.29, 0.717) is 5.75 Å². The molecular weight excluding hydrogens is 281 g/mol. The third kappa shape index (κ3) is 3.45. The Bertz CT molecular complexity index is 673. The predicted octanol–water partition coefficient (Wildman–Crippen LogP) is 4.41. The Kier molecular flexibility index (Phi) is 4.03. The van der Waals surface area contributed by atoms with Gasteiger partial charge in [-0.25, -0.2) is 0 Å². The van der Waals surface area contributed by atoms with Crippen molar-refractivity contribution in [3.63, 3.8) is 0 Å². The summed E-state index contributed by atoms with van der Waals surface area (Å²) in [5.41, 5.74) is -0.576. The number of benzene rings is 2. The molecule has 0 aromatic heterocycles. The van der Waals surface area contributed by atoms with E-state index in [4.69, 9.17) is 10.00 Å². The van der Waals surface area contributed by atoms with Crippen LogP contribution in [0.2, 0.25) is 0 Å². The number of alkyl halides is 3. The molecule has 0 unspecified atom stereocenters. The van der Waals surface area contributed by atoms with Crippen LogP contribution in [-0.2, 0) is 6.18 Å². The number of halogens is 3. The van der Waals surface area contributed by atoms with Crippen LogP contribution in [0.3, 0.4) is 0 Å². The van der Waals surface area contributed by atoms with E-state index in [2.05, 4.69) is 5.32 Å². The van der Waals surface area contributed by atoms with Crippen molar-refractivity contribution in [1.29, 1.82) is 5.26 Å². The van der Waals surface area contributed by atoms with Gasteiger partial charge in [0.2, 0.25) is 0 Å². The zero-order valence-electron chi connectivity index (χ0n) is 11.0. The molecule has 1 N–H and O–H groups in total. The van der Waals surface area contributed by atoms with E-state index in [9.17, 15) is 13.2 Å². The van der Waals surface area contributed by atoms with Crippen molar-refractivity contribution in [2.24, 2.45) is 0 Å². The molecule has 2 aromatic rings. The second kappa shape index (κ2) is 5.75. The van der Waals surface area contributed by atoms with E-state index in [1.165, 1.54) is 12.1 Å². The molecule has 6 heteroatoms. The van der Waals surface area contributed by atoms with Gasteiger partial charge in [0.1, 0.15) is 11.5 Å². The Hall–Kier alpha value is -2.68. The van der Waals surface area contributed by atoms with Crippen molar-refractivity contribution in [1.82, 2.24) is 0 Å². The largest absolute Gasteiger partial charge is 0.457 e. The van der Waals surface area contributed by atoms with Gasteiger partial charge in [-0.2, -0.15) is 18.4 Å². The topological polar surface area (TPSA) is 45.0 Å². The molecule has 0 bridgehead atoms. The van der Waals surface area contributed by atoms with Crippen molar-refractivity contribution in [2.45, 2.75) is 6.18 Å². The summed E-state index contributed by atoms with van der Waals surface area (Å²) < 4.78 is 43.9. The molecule has 0 saturated heterocycles. The lowest BCUT2D eigenvalue weighted by molar-refractivity contribution is -0.137. The minimum Gasteiger partial charge on any atom is -0.457 e. The van der Waals surface area contributed by atoms with Gasteiger partial charge in [0.05, 0.1) is 17.2 Å². The fourth-order valence-corrected chi connectivity index (χ4v) is 1.74. The van der Waals surface area contributed by atoms with Crippen LogP contribution >= 0.6 is 0 Å². The number of nitriles is 1. The highest BCUT2D eigenvalue weighted by molar-refractivity contribution is 5.48. The molecule has 21 heavy (non-hydrogen) atoms. The Labute approximate surface area is 119 Å². The normalized spacial score (nSPS) is 10.8. The number of hydrogen-bond acceptors (Lipinski definition) is 3. The lowest BCUT2D eigenvalue weighted by Crippen LogP contribution is -2.07. The summed E-state index contributed by atoms with van der Waals surface area (Å²) in [5, 5.41) is 11.6. The van der Waals surface area contributed by atoms with E-state index >= 15 is 0 Å². The second-order valence-electron chi connectivity index (χ2n) is 4.19. The molecule has 2 aromatic carbocycles. The maximum Gasteiger partial charge on any atom is 0.417 e. The molecule has 108 valence electrons. The maximum absolute atomic E-state index is 12.8. The number of anilines is 1. The van der Waals surface area contributed by atoms with E-state index in [0.717, 1.165) is 17.8 Å². The summed E-state index contributed by atoms with van der Waals surface area (Å²) in [5.74, 6) is 0.436. The fourth-order valence-electron chi connectivity index (χ4n) is 1.74. The molecule has 0 spiro atoms. The molecule has 2 rings (SSSR count). The molecular formula is C15H11F3N2O. The quantitative estimate of drug-likeness (QED) is 0.911. The van der Waals surface area contributed by atoms with E-state index in [1.54, 1.807) is 31.3 Å². The first kappa shape index (κ1) is 14.7. The van der Waals surface area contributed by atoms with Crippen LogP contribution in [0.25, 0.3) is 0 Å². The number of rotatable bonds is 3. The summed E-state index contributed by atoms with van der Waals surface area (Å²) in [4.78, 5) is 0. The van der Waals surface area contributed by atoms with Gasteiger partial charge in [-0.1, -0.05) is 0 Å². The minimum atomic E-state index is -4.60. The van der Waals surface area contributed by atoms with Crippen molar-refractivity contribution in [2.75, 3.05) is 12.4 Å². The highest BCUT2D eigenvalue weighted by Crippen LogP contribution is 2.35. The molecule has 0 fully saturated rings. The van der Waals surface area contributed by atoms with Crippen LogP contribution in [0, 0.1) is 11.3 Å². The fraction of sp³-hybridized carbons (Fsp3) is 0.133. The summed E-state index contributed by atoms with van der Waals surface area (Å²) in [6.45, 7) is 0. The molecule has 0 heterocycles. The zero-order chi connectivity index (χ0) is 15.5. The van der Waals surface area contributed by atoms with Crippen LogP contribution in [-0.4, -0.2) is 7.05 Å². The maximum atomic E-state index is 12.8. The average molecular weight is 292 g/mol. The number of nitrogens with zero attached hydrogens (tertiary/aromatic N) is 1. The molecule has 0 amide bonds. The van der Waals surface area contributed by atoms with Gasteiger partial charge in [0.25, 0.3) is 0 Å². The number of nitrogens with one attached hydrogen (secondary N) is 1. The number of ether oxygens (including phenoxy) is 1. The summed E-state index contributed by atoms with van der Waals surface area (Å²) in [6, 6.07) is 11.5. The molecule has 0 aliphatic carbocycles. The standard InChI is InChI=1S/C15H11F3N2O/c1-20-11-3-6-12(7-4-11)21-13-5-2-10(9-19)14(8-13)15(16,17)18/h2-8,20H,1H3. The molecule has 0 radical (unpaired) electrons. The Balaban J connectivity index is 2.30. The van der Waals surface area contributed by atoms with Gasteiger partial charge < -0.3 is 10.1 Å². The van der Waals surface area contributed by atoms with Crippen LogP contribution in [0.15, 0.2) is 42.5 Å². The molecule has 0 aliphatic rings. The third-order valence-electron chi connectivity index (χ3n) is 2.80. The van der Waals surface area contributed by atoms with Crippen LogP contribution in [0.1, 0.15) is 11.1 Å². The van der Waals surface area contributed by atoms with Crippen LogP contribution in [0.4, 0.5) is 18.9 Å². The van der Waals surface area contributed by atoms with Crippen molar-refractivity contribution >= 4 is 5.69 Å². The second-order valence-corrected chi connectivity index (χ2v) is 4.19. The zero-order valence-corrected chi connectivity index (χ0v) is 11.0.